The van der Waals surface area contributed by atoms with Crippen LogP contribution in [0.25, 0.3) is 0 Å². The van der Waals surface area contributed by atoms with E-state index in [0.717, 1.165) is 0 Å². The minimum atomic E-state index is -1.66. The van der Waals surface area contributed by atoms with Gasteiger partial charge >= 0.3 is 0 Å². The minimum Gasteiger partial charge on any atom is -0.492 e. The van der Waals surface area contributed by atoms with E-state index in [2.05, 4.69) is 0 Å². The Labute approximate surface area is 78.5 Å². The molecule has 0 atom stereocenters. The van der Waals surface area contributed by atoms with E-state index in [0.29, 0.717) is 6.07 Å². The lowest BCUT2D eigenvalue weighted by atomic mass is 10.2. The van der Waals surface area contributed by atoms with E-state index >= 15 is 0 Å². The third-order valence-electron chi connectivity index (χ3n) is 1.54. The number of nitriles is 1. The van der Waals surface area contributed by atoms with Gasteiger partial charge < -0.3 is 4.74 Å². The fourth-order valence-corrected chi connectivity index (χ4v) is 0.947. The van der Waals surface area contributed by atoms with Crippen molar-refractivity contribution in [2.75, 3.05) is 6.61 Å². The molecule has 2 nitrogen and oxygen atoms in total. The fraction of sp³-hybridized carbons (Fsp3) is 0.222. The van der Waals surface area contributed by atoms with Crippen molar-refractivity contribution in [3.63, 3.8) is 0 Å². The van der Waals surface area contributed by atoms with Crippen LogP contribution in [-0.4, -0.2) is 6.61 Å². The predicted octanol–water partition coefficient (Wildman–Crippen LogP) is 2.37. The van der Waals surface area contributed by atoms with Gasteiger partial charge in [0.25, 0.3) is 0 Å². The van der Waals surface area contributed by atoms with E-state index in [4.69, 9.17) is 10.00 Å². The van der Waals surface area contributed by atoms with Gasteiger partial charge in [0, 0.05) is 6.07 Å². The summed E-state index contributed by atoms with van der Waals surface area (Å²) in [6, 6.07) is 2.06. The lowest BCUT2D eigenvalue weighted by Crippen LogP contribution is -2.01. The molecule has 14 heavy (non-hydrogen) atoms. The van der Waals surface area contributed by atoms with Crippen molar-refractivity contribution in [2.24, 2.45) is 0 Å². The highest BCUT2D eigenvalue weighted by atomic mass is 19.2. The Bertz CT molecular complexity index is 398. The summed E-state index contributed by atoms with van der Waals surface area (Å²) >= 11 is 0. The van der Waals surface area contributed by atoms with Gasteiger partial charge in [-0.1, -0.05) is 0 Å². The first-order chi connectivity index (χ1) is 6.61. The van der Waals surface area contributed by atoms with Crippen molar-refractivity contribution in [2.45, 2.75) is 6.92 Å². The molecular formula is C9H6F3NO. The van der Waals surface area contributed by atoms with Gasteiger partial charge in [-0.25, -0.2) is 13.2 Å². The second-order valence-corrected chi connectivity index (χ2v) is 2.40. The third kappa shape index (κ3) is 1.64. The predicted molar refractivity (Wildman–Crippen MR) is 42.2 cm³/mol. The highest BCUT2D eigenvalue weighted by Crippen LogP contribution is 2.25. The number of rotatable bonds is 2. The van der Waals surface area contributed by atoms with E-state index in [9.17, 15) is 13.2 Å². The molecule has 0 saturated carbocycles. The highest BCUT2D eigenvalue weighted by Gasteiger charge is 2.19. The van der Waals surface area contributed by atoms with Gasteiger partial charge in [-0.05, 0) is 6.92 Å². The average Bonchev–Trinajstić information content (AvgIpc) is 2.16. The van der Waals surface area contributed by atoms with Crippen molar-refractivity contribution < 1.29 is 17.9 Å². The van der Waals surface area contributed by atoms with Crippen molar-refractivity contribution >= 4 is 0 Å². The summed E-state index contributed by atoms with van der Waals surface area (Å²) in [5.74, 6) is -4.84. The third-order valence-corrected chi connectivity index (χ3v) is 1.54. The van der Waals surface area contributed by atoms with Gasteiger partial charge in [0.2, 0.25) is 0 Å². The maximum atomic E-state index is 12.9. The van der Waals surface area contributed by atoms with Crippen LogP contribution in [0.5, 0.6) is 5.75 Å². The van der Waals surface area contributed by atoms with Crippen molar-refractivity contribution in [3.8, 4) is 11.8 Å². The molecule has 0 amide bonds. The van der Waals surface area contributed by atoms with Crippen molar-refractivity contribution in [1.82, 2.24) is 0 Å². The van der Waals surface area contributed by atoms with Crippen LogP contribution < -0.4 is 4.74 Å². The molecule has 0 fully saturated rings. The zero-order chi connectivity index (χ0) is 10.7. The van der Waals surface area contributed by atoms with Gasteiger partial charge in [0.15, 0.2) is 17.5 Å². The number of hydrogen-bond donors (Lipinski definition) is 0. The smallest absolute Gasteiger partial charge is 0.196 e. The Morgan fingerprint density at radius 1 is 1.36 bits per heavy atom. The normalized spacial score (nSPS) is 9.64. The van der Waals surface area contributed by atoms with Crippen LogP contribution >= 0.6 is 0 Å². The Hall–Kier alpha value is -1.70. The summed E-state index contributed by atoms with van der Waals surface area (Å²) in [6.07, 6.45) is 0. The second kappa shape index (κ2) is 4.01. The van der Waals surface area contributed by atoms with E-state index in [1.807, 2.05) is 0 Å². The quantitative estimate of drug-likeness (QED) is 0.688. The average molecular weight is 201 g/mol. The Kier molecular flexibility index (Phi) is 2.97. The van der Waals surface area contributed by atoms with Crippen molar-refractivity contribution in [3.05, 3.63) is 29.1 Å². The van der Waals surface area contributed by atoms with Crippen LogP contribution in [0, 0.1) is 28.8 Å². The Balaban J connectivity index is 3.38. The molecule has 0 saturated heterocycles. The summed E-state index contributed by atoms with van der Waals surface area (Å²) in [4.78, 5) is 0. The molecule has 0 spiro atoms. The van der Waals surface area contributed by atoms with Gasteiger partial charge in [-0.15, -0.1) is 0 Å². The molecule has 0 aromatic heterocycles. The van der Waals surface area contributed by atoms with Crippen LogP contribution in [0.3, 0.4) is 0 Å². The maximum Gasteiger partial charge on any atom is 0.196 e. The zero-order valence-electron chi connectivity index (χ0n) is 7.27. The molecule has 0 heterocycles. The fourth-order valence-electron chi connectivity index (χ4n) is 0.947. The first-order valence-corrected chi connectivity index (χ1v) is 3.82. The monoisotopic (exact) mass is 201 g/mol. The van der Waals surface area contributed by atoms with Crippen molar-refractivity contribution in [1.29, 1.82) is 5.26 Å². The zero-order valence-corrected chi connectivity index (χ0v) is 7.27. The molecule has 0 aliphatic heterocycles. The molecule has 0 aliphatic rings. The Morgan fingerprint density at radius 3 is 2.50 bits per heavy atom. The van der Waals surface area contributed by atoms with Crippen LogP contribution in [0.1, 0.15) is 12.5 Å². The Morgan fingerprint density at radius 2 is 2.00 bits per heavy atom. The molecular weight excluding hydrogens is 195 g/mol. The molecule has 1 aromatic carbocycles. The molecule has 74 valence electrons. The van der Waals surface area contributed by atoms with Gasteiger partial charge in [-0.3, -0.25) is 0 Å². The standard InChI is InChI=1S/C9H6F3NO/c1-2-14-7-3-6(10)9(12)8(11)5(7)4-13/h3H,2H2,1H3. The summed E-state index contributed by atoms with van der Waals surface area (Å²) < 4.78 is 43.0. The topological polar surface area (TPSA) is 33.0 Å². The molecule has 0 bridgehead atoms. The van der Waals surface area contributed by atoms with Gasteiger partial charge in [-0.2, -0.15) is 5.26 Å². The molecule has 5 heteroatoms. The van der Waals surface area contributed by atoms with Crippen LogP contribution in [0.4, 0.5) is 13.2 Å². The number of ether oxygens (including phenoxy) is 1. The molecule has 1 rings (SSSR count). The first kappa shape index (κ1) is 10.4. The lowest BCUT2D eigenvalue weighted by Gasteiger charge is -2.06. The van der Waals surface area contributed by atoms with Crippen LogP contribution in [-0.2, 0) is 0 Å². The van der Waals surface area contributed by atoms with E-state index in [-0.39, 0.29) is 12.4 Å². The minimum absolute atomic E-state index is 0.138. The molecule has 0 radical (unpaired) electrons. The number of hydrogen-bond acceptors (Lipinski definition) is 2. The van der Waals surface area contributed by atoms with Gasteiger partial charge in [0.1, 0.15) is 17.4 Å². The second-order valence-electron chi connectivity index (χ2n) is 2.40. The summed E-state index contributed by atoms with van der Waals surface area (Å²) in [5.41, 5.74) is -0.620. The van der Waals surface area contributed by atoms with Crippen LogP contribution in [0.2, 0.25) is 0 Å². The molecule has 0 N–H and O–H groups in total. The van der Waals surface area contributed by atoms with E-state index < -0.39 is 23.0 Å². The molecule has 0 unspecified atom stereocenters. The summed E-state index contributed by atoms with van der Waals surface area (Å²) in [7, 11) is 0. The van der Waals surface area contributed by atoms with Gasteiger partial charge in [0.05, 0.1) is 6.61 Å². The number of benzene rings is 1. The van der Waals surface area contributed by atoms with Crippen LogP contribution in [0.15, 0.2) is 6.07 Å². The molecule has 0 aliphatic carbocycles. The molecule has 1 aromatic rings. The summed E-state index contributed by atoms with van der Waals surface area (Å²) in [5, 5.41) is 8.48. The highest BCUT2D eigenvalue weighted by molar-refractivity contribution is 5.44. The first-order valence-electron chi connectivity index (χ1n) is 3.82. The SMILES string of the molecule is CCOc1cc(F)c(F)c(F)c1C#N. The number of nitrogens with zero attached hydrogens (tertiary/aromatic N) is 1. The summed E-state index contributed by atoms with van der Waals surface area (Å²) in [6.45, 7) is 1.72. The maximum absolute atomic E-state index is 12.9. The lowest BCUT2D eigenvalue weighted by molar-refractivity contribution is 0.329. The van der Waals surface area contributed by atoms with E-state index in [1.165, 1.54) is 6.07 Å². The largest absolute Gasteiger partial charge is 0.492 e. The van der Waals surface area contributed by atoms with E-state index in [1.54, 1.807) is 6.92 Å². The number of halogens is 3.